The van der Waals surface area contributed by atoms with Gasteiger partial charge >= 0.3 is 0 Å². The minimum Gasteiger partial charge on any atom is -0.334 e. The zero-order valence-corrected chi connectivity index (χ0v) is 17.3. The van der Waals surface area contributed by atoms with Gasteiger partial charge in [0.05, 0.1) is 41.2 Å². The van der Waals surface area contributed by atoms with Crippen molar-refractivity contribution < 1.29 is 0 Å². The third-order valence-electron chi connectivity index (χ3n) is 5.51. The Bertz CT molecular complexity index is 1440. The second-order valence-electron chi connectivity index (χ2n) is 7.61. The molecule has 0 saturated heterocycles. The summed E-state index contributed by atoms with van der Waals surface area (Å²) < 4.78 is 3.72. The van der Waals surface area contributed by atoms with E-state index in [1.165, 1.54) is 0 Å². The first kappa shape index (κ1) is 18.8. The van der Waals surface area contributed by atoms with E-state index in [2.05, 4.69) is 28.3 Å². The largest absolute Gasteiger partial charge is 0.334 e. The maximum atomic E-state index is 10.2. The third kappa shape index (κ3) is 3.36. The van der Waals surface area contributed by atoms with Crippen LogP contribution in [-0.2, 0) is 20.5 Å². The number of aryl methyl sites for hydroxylation is 2. The van der Waals surface area contributed by atoms with Gasteiger partial charge in [0.1, 0.15) is 6.07 Å². The predicted molar refractivity (Wildman–Crippen MR) is 120 cm³/mol. The van der Waals surface area contributed by atoms with Crippen LogP contribution in [0, 0.1) is 11.3 Å². The Balaban J connectivity index is 1.78. The lowest BCUT2D eigenvalue weighted by molar-refractivity contribution is 0.768. The zero-order valence-electron chi connectivity index (χ0n) is 17.3. The SMILES string of the molecule is Cn1cc(-c2nc3ccc(-c4cncn4C)cc3c(C#N)c2Cc2ccccc2)cn1. The van der Waals surface area contributed by atoms with Gasteiger partial charge in [-0.1, -0.05) is 36.4 Å². The van der Waals surface area contributed by atoms with Gasteiger partial charge < -0.3 is 4.57 Å². The molecule has 5 aromatic rings. The van der Waals surface area contributed by atoms with Crippen LogP contribution in [0.1, 0.15) is 16.7 Å². The summed E-state index contributed by atoms with van der Waals surface area (Å²) in [6.07, 6.45) is 7.96. The van der Waals surface area contributed by atoms with E-state index in [1.54, 1.807) is 17.2 Å². The van der Waals surface area contributed by atoms with Gasteiger partial charge in [-0.3, -0.25) is 4.68 Å². The van der Waals surface area contributed by atoms with Crippen LogP contribution >= 0.6 is 0 Å². The van der Waals surface area contributed by atoms with E-state index in [4.69, 9.17) is 4.98 Å². The molecule has 3 heterocycles. The van der Waals surface area contributed by atoms with Crippen LogP contribution in [0.2, 0.25) is 0 Å². The Morgan fingerprint density at radius 1 is 1.00 bits per heavy atom. The molecule has 6 heteroatoms. The molecular formula is C25H20N6. The van der Waals surface area contributed by atoms with Gasteiger partial charge in [0.2, 0.25) is 0 Å². The highest BCUT2D eigenvalue weighted by Gasteiger charge is 2.19. The summed E-state index contributed by atoms with van der Waals surface area (Å²) in [5.74, 6) is 0. The Kier molecular flexibility index (Phi) is 4.57. The van der Waals surface area contributed by atoms with E-state index >= 15 is 0 Å². The van der Waals surface area contributed by atoms with E-state index in [0.29, 0.717) is 12.0 Å². The van der Waals surface area contributed by atoms with Gasteiger partial charge in [-0.2, -0.15) is 10.4 Å². The Hall–Kier alpha value is -4.24. The lowest BCUT2D eigenvalue weighted by atomic mass is 9.93. The molecule has 0 radical (unpaired) electrons. The number of benzene rings is 2. The molecule has 0 N–H and O–H groups in total. The topological polar surface area (TPSA) is 72.3 Å². The highest BCUT2D eigenvalue weighted by Crippen LogP contribution is 2.33. The van der Waals surface area contributed by atoms with Crippen molar-refractivity contribution in [1.29, 1.82) is 5.26 Å². The fraction of sp³-hybridized carbons (Fsp3) is 0.120. The number of imidazole rings is 1. The van der Waals surface area contributed by atoms with Crippen LogP contribution in [0.25, 0.3) is 33.4 Å². The lowest BCUT2D eigenvalue weighted by Crippen LogP contribution is -2.01. The number of aromatic nitrogens is 5. The van der Waals surface area contributed by atoms with Crippen LogP contribution in [0.5, 0.6) is 0 Å². The van der Waals surface area contributed by atoms with Crippen LogP contribution in [0.4, 0.5) is 0 Å². The van der Waals surface area contributed by atoms with Crippen molar-refractivity contribution in [2.75, 3.05) is 0 Å². The Labute approximate surface area is 180 Å². The van der Waals surface area contributed by atoms with Crippen molar-refractivity contribution >= 4 is 10.9 Å². The van der Waals surface area contributed by atoms with Crippen LogP contribution in [0.15, 0.2) is 73.4 Å². The monoisotopic (exact) mass is 404 g/mol. The number of rotatable bonds is 4. The average Bonchev–Trinajstić information content (AvgIpc) is 3.41. The molecule has 3 aromatic heterocycles. The molecule has 0 fully saturated rings. The summed E-state index contributed by atoms with van der Waals surface area (Å²) in [5, 5.41) is 15.4. The molecule has 0 bridgehead atoms. The van der Waals surface area contributed by atoms with Crippen molar-refractivity contribution in [2.45, 2.75) is 6.42 Å². The van der Waals surface area contributed by atoms with Gasteiger partial charge in [0.25, 0.3) is 0 Å². The molecule has 0 aliphatic heterocycles. The van der Waals surface area contributed by atoms with Crippen molar-refractivity contribution in [2.24, 2.45) is 14.1 Å². The quantitative estimate of drug-likeness (QED) is 0.442. The van der Waals surface area contributed by atoms with Crippen molar-refractivity contribution in [1.82, 2.24) is 24.3 Å². The third-order valence-corrected chi connectivity index (χ3v) is 5.51. The predicted octanol–water partition coefficient (Wildman–Crippen LogP) is 4.50. The molecule has 31 heavy (non-hydrogen) atoms. The summed E-state index contributed by atoms with van der Waals surface area (Å²) in [7, 11) is 3.84. The van der Waals surface area contributed by atoms with Gasteiger partial charge in [0, 0.05) is 48.8 Å². The normalized spacial score (nSPS) is 11.0. The standard InChI is InChI=1S/C25H20N6/c1-30-16-27-14-24(30)18-8-9-23-20(11-18)22(12-26)21(10-17-6-4-3-5-7-17)25(29-23)19-13-28-31(2)15-19/h3-9,11,13-16H,10H2,1-2H3. The Morgan fingerprint density at radius 3 is 2.52 bits per heavy atom. The first-order valence-electron chi connectivity index (χ1n) is 10.0. The molecule has 0 unspecified atom stereocenters. The first-order valence-corrected chi connectivity index (χ1v) is 10.0. The van der Waals surface area contributed by atoms with Gasteiger partial charge in [-0.15, -0.1) is 0 Å². The minimum atomic E-state index is 0.618. The molecule has 0 aliphatic rings. The lowest BCUT2D eigenvalue weighted by Gasteiger charge is -2.14. The van der Waals surface area contributed by atoms with E-state index in [1.807, 2.05) is 67.5 Å². The second kappa shape index (κ2) is 7.54. The van der Waals surface area contributed by atoms with Gasteiger partial charge in [-0.05, 0) is 17.7 Å². The number of hydrogen-bond acceptors (Lipinski definition) is 4. The van der Waals surface area contributed by atoms with E-state index in [-0.39, 0.29) is 0 Å². The molecule has 6 nitrogen and oxygen atoms in total. The average molecular weight is 404 g/mol. The van der Waals surface area contributed by atoms with Gasteiger partial charge in [0.15, 0.2) is 0 Å². The zero-order chi connectivity index (χ0) is 21.4. The number of nitriles is 1. The van der Waals surface area contributed by atoms with Crippen molar-refractivity contribution in [3.8, 4) is 28.6 Å². The van der Waals surface area contributed by atoms with Crippen LogP contribution < -0.4 is 0 Å². The number of pyridine rings is 1. The summed E-state index contributed by atoms with van der Waals surface area (Å²) in [4.78, 5) is 9.20. The number of fused-ring (bicyclic) bond motifs is 1. The molecule has 5 rings (SSSR count). The molecule has 0 saturated carbocycles. The molecule has 0 atom stereocenters. The molecule has 2 aromatic carbocycles. The van der Waals surface area contributed by atoms with Crippen molar-refractivity contribution in [3.05, 3.63) is 90.1 Å². The number of hydrogen-bond donors (Lipinski definition) is 0. The van der Waals surface area contributed by atoms with Crippen LogP contribution in [0.3, 0.4) is 0 Å². The fourth-order valence-electron chi connectivity index (χ4n) is 3.98. The van der Waals surface area contributed by atoms with E-state index in [0.717, 1.165) is 44.5 Å². The molecule has 0 aliphatic carbocycles. The molecule has 0 amide bonds. The van der Waals surface area contributed by atoms with Gasteiger partial charge in [-0.25, -0.2) is 9.97 Å². The maximum Gasteiger partial charge on any atom is 0.100 e. The smallest absolute Gasteiger partial charge is 0.100 e. The highest BCUT2D eigenvalue weighted by molar-refractivity contribution is 5.92. The minimum absolute atomic E-state index is 0.618. The first-order chi connectivity index (χ1) is 15.1. The molecular weight excluding hydrogens is 384 g/mol. The fourth-order valence-corrected chi connectivity index (χ4v) is 3.98. The van der Waals surface area contributed by atoms with Crippen molar-refractivity contribution in [3.63, 3.8) is 0 Å². The van der Waals surface area contributed by atoms with E-state index in [9.17, 15) is 5.26 Å². The summed E-state index contributed by atoms with van der Waals surface area (Å²) in [5.41, 5.74) is 7.19. The summed E-state index contributed by atoms with van der Waals surface area (Å²) in [6, 6.07) is 18.7. The number of nitrogens with zero attached hydrogens (tertiary/aromatic N) is 6. The summed E-state index contributed by atoms with van der Waals surface area (Å²) in [6.45, 7) is 0. The highest BCUT2D eigenvalue weighted by atomic mass is 15.2. The Morgan fingerprint density at radius 2 is 1.84 bits per heavy atom. The van der Waals surface area contributed by atoms with E-state index < -0.39 is 0 Å². The second-order valence-corrected chi connectivity index (χ2v) is 7.61. The van der Waals surface area contributed by atoms with Crippen LogP contribution in [-0.4, -0.2) is 24.3 Å². The molecule has 150 valence electrons. The molecule has 0 spiro atoms. The summed E-state index contributed by atoms with van der Waals surface area (Å²) >= 11 is 0. The maximum absolute atomic E-state index is 10.2.